The van der Waals surface area contributed by atoms with Gasteiger partial charge in [0.1, 0.15) is 18.3 Å². The van der Waals surface area contributed by atoms with Crippen molar-refractivity contribution in [3.05, 3.63) is 35.4 Å². The molecule has 0 bridgehead atoms. The zero-order valence-corrected chi connectivity index (χ0v) is 16.2. The van der Waals surface area contributed by atoms with Crippen LogP contribution < -0.4 is 0 Å². The lowest BCUT2D eigenvalue weighted by atomic mass is 9.89. The van der Waals surface area contributed by atoms with Crippen LogP contribution in [0.2, 0.25) is 0 Å². The van der Waals surface area contributed by atoms with Gasteiger partial charge in [-0.1, -0.05) is 0 Å². The first-order valence-corrected chi connectivity index (χ1v) is 9.26. The van der Waals surface area contributed by atoms with Crippen molar-refractivity contribution < 1.29 is 59.9 Å². The average molecular weight is 452 g/mol. The molecule has 0 aromatic heterocycles. The molecule has 172 valence electrons. The standard InChI is InChI=1S/C20H20O12/c21-10-1-7(2-11(22)16(10)26)19(29)31-9-5-14(25)18(28)15(6-9)32-20(30)8-3-12(23)17(27)13(24)4-8/h1-4,9,14-15,18,21-28H,5-6H2/t9-,14-,15-,18-/m1/s1. The number of phenolic OH excluding ortho intramolecular Hbond substituents is 6. The number of carbonyl (C=O) groups is 2. The van der Waals surface area contributed by atoms with Crippen LogP contribution in [0.25, 0.3) is 0 Å². The summed E-state index contributed by atoms with van der Waals surface area (Å²) in [6.07, 6.45) is -5.81. The summed E-state index contributed by atoms with van der Waals surface area (Å²) in [5.74, 6) is -6.88. The van der Waals surface area contributed by atoms with E-state index in [4.69, 9.17) is 9.47 Å². The second-order valence-electron chi connectivity index (χ2n) is 7.23. The molecule has 32 heavy (non-hydrogen) atoms. The van der Waals surface area contributed by atoms with Gasteiger partial charge in [-0.15, -0.1) is 0 Å². The predicted molar refractivity (Wildman–Crippen MR) is 103 cm³/mol. The molecule has 8 N–H and O–H groups in total. The van der Waals surface area contributed by atoms with Gasteiger partial charge in [-0.2, -0.15) is 0 Å². The molecule has 0 saturated heterocycles. The van der Waals surface area contributed by atoms with Crippen molar-refractivity contribution in [1.82, 2.24) is 0 Å². The van der Waals surface area contributed by atoms with Gasteiger partial charge in [-0.25, -0.2) is 9.59 Å². The molecule has 4 atom stereocenters. The first-order valence-electron chi connectivity index (χ1n) is 9.26. The van der Waals surface area contributed by atoms with Crippen LogP contribution >= 0.6 is 0 Å². The van der Waals surface area contributed by atoms with E-state index in [2.05, 4.69) is 0 Å². The summed E-state index contributed by atoms with van der Waals surface area (Å²) in [7, 11) is 0. The van der Waals surface area contributed by atoms with Crippen LogP contribution in [-0.2, 0) is 9.47 Å². The average Bonchev–Trinajstić information content (AvgIpc) is 2.72. The van der Waals surface area contributed by atoms with E-state index in [0.717, 1.165) is 24.3 Å². The summed E-state index contributed by atoms with van der Waals surface area (Å²) in [6, 6.07) is 3.36. The van der Waals surface area contributed by atoms with E-state index >= 15 is 0 Å². The van der Waals surface area contributed by atoms with Crippen LogP contribution in [0.5, 0.6) is 34.5 Å². The number of rotatable bonds is 4. The van der Waals surface area contributed by atoms with Gasteiger partial charge in [0, 0.05) is 12.8 Å². The number of hydrogen-bond acceptors (Lipinski definition) is 12. The molecule has 1 fully saturated rings. The van der Waals surface area contributed by atoms with Gasteiger partial charge in [-0.3, -0.25) is 0 Å². The summed E-state index contributed by atoms with van der Waals surface area (Å²) in [6.45, 7) is 0. The fourth-order valence-electron chi connectivity index (χ4n) is 3.23. The molecule has 12 nitrogen and oxygen atoms in total. The second-order valence-corrected chi connectivity index (χ2v) is 7.23. The number of phenols is 6. The van der Waals surface area contributed by atoms with E-state index in [1.54, 1.807) is 0 Å². The molecule has 0 radical (unpaired) electrons. The minimum Gasteiger partial charge on any atom is -0.504 e. The molecule has 0 aliphatic heterocycles. The number of aliphatic hydroxyl groups excluding tert-OH is 2. The highest BCUT2D eigenvalue weighted by Gasteiger charge is 2.40. The quantitative estimate of drug-likeness (QED) is 0.230. The second kappa shape index (κ2) is 8.69. The lowest BCUT2D eigenvalue weighted by molar-refractivity contribution is -0.123. The maximum absolute atomic E-state index is 12.3. The Morgan fingerprint density at radius 1 is 0.688 bits per heavy atom. The summed E-state index contributed by atoms with van der Waals surface area (Å²) >= 11 is 0. The molecule has 0 amide bonds. The number of aromatic hydroxyl groups is 6. The molecular weight excluding hydrogens is 432 g/mol. The third-order valence-electron chi connectivity index (χ3n) is 4.92. The molecule has 3 rings (SSSR count). The summed E-state index contributed by atoms with van der Waals surface area (Å²) in [5, 5.41) is 77.0. The van der Waals surface area contributed by atoms with Gasteiger partial charge in [0.05, 0.1) is 17.2 Å². The van der Waals surface area contributed by atoms with Crippen molar-refractivity contribution in [1.29, 1.82) is 0 Å². The topological polar surface area (TPSA) is 214 Å². The molecule has 2 aromatic rings. The number of esters is 2. The SMILES string of the molecule is O=C(O[C@@H]1C[C@@H](O)[C@@H](O)[C@H](OC(=O)c2cc(O)c(O)c(O)c2)C1)c1cc(O)c(O)c(O)c1. The van der Waals surface area contributed by atoms with Crippen LogP contribution in [0.3, 0.4) is 0 Å². The summed E-state index contributed by atoms with van der Waals surface area (Å²) < 4.78 is 10.3. The van der Waals surface area contributed by atoms with Crippen molar-refractivity contribution >= 4 is 11.9 Å². The monoisotopic (exact) mass is 452 g/mol. The molecule has 12 heteroatoms. The zero-order valence-electron chi connectivity index (χ0n) is 16.2. The Morgan fingerprint density at radius 3 is 1.53 bits per heavy atom. The number of aliphatic hydroxyl groups is 2. The van der Waals surface area contributed by atoms with Gasteiger partial charge in [-0.05, 0) is 24.3 Å². The lowest BCUT2D eigenvalue weighted by Crippen LogP contribution is -2.49. The minimum atomic E-state index is -1.53. The molecule has 2 aromatic carbocycles. The van der Waals surface area contributed by atoms with E-state index in [-0.39, 0.29) is 24.0 Å². The maximum atomic E-state index is 12.3. The van der Waals surface area contributed by atoms with Gasteiger partial charge in [0.15, 0.2) is 34.5 Å². The fourth-order valence-corrected chi connectivity index (χ4v) is 3.23. The highest BCUT2D eigenvalue weighted by molar-refractivity contribution is 5.92. The Balaban J connectivity index is 1.72. The highest BCUT2D eigenvalue weighted by Crippen LogP contribution is 2.37. The summed E-state index contributed by atoms with van der Waals surface area (Å²) in [5.41, 5.74) is -0.657. The number of carbonyl (C=O) groups excluding carboxylic acids is 2. The van der Waals surface area contributed by atoms with Gasteiger partial charge >= 0.3 is 11.9 Å². The van der Waals surface area contributed by atoms with Crippen LogP contribution in [0.1, 0.15) is 33.6 Å². The Labute approximate surface area is 179 Å². The molecular formula is C20H20O12. The first kappa shape index (κ1) is 22.8. The fraction of sp³-hybridized carbons (Fsp3) is 0.300. The molecule has 0 spiro atoms. The third kappa shape index (κ3) is 4.55. The molecule has 0 heterocycles. The number of ether oxygens (including phenoxy) is 2. The minimum absolute atomic E-state index is 0.211. The van der Waals surface area contributed by atoms with Crippen LogP contribution in [-0.4, -0.2) is 77.2 Å². The van der Waals surface area contributed by atoms with Crippen molar-refractivity contribution in [2.45, 2.75) is 37.3 Å². The van der Waals surface area contributed by atoms with Gasteiger partial charge < -0.3 is 50.3 Å². The lowest BCUT2D eigenvalue weighted by Gasteiger charge is -2.35. The van der Waals surface area contributed by atoms with Crippen LogP contribution in [0, 0.1) is 0 Å². The molecule has 0 unspecified atom stereocenters. The highest BCUT2D eigenvalue weighted by atomic mass is 16.6. The smallest absolute Gasteiger partial charge is 0.338 e. The first-order chi connectivity index (χ1) is 15.0. The van der Waals surface area contributed by atoms with Crippen LogP contribution in [0.4, 0.5) is 0 Å². The predicted octanol–water partition coefficient (Wildman–Crippen LogP) is 0.187. The Morgan fingerprint density at radius 2 is 1.09 bits per heavy atom. The van der Waals surface area contributed by atoms with Crippen molar-refractivity contribution in [3.63, 3.8) is 0 Å². The van der Waals surface area contributed by atoms with Crippen molar-refractivity contribution in [2.75, 3.05) is 0 Å². The van der Waals surface area contributed by atoms with Gasteiger partial charge in [0.25, 0.3) is 0 Å². The molecule has 1 aliphatic rings. The molecule has 1 aliphatic carbocycles. The largest absolute Gasteiger partial charge is 0.504 e. The number of hydrogen-bond donors (Lipinski definition) is 8. The van der Waals surface area contributed by atoms with Gasteiger partial charge in [0.2, 0.25) is 0 Å². The maximum Gasteiger partial charge on any atom is 0.338 e. The zero-order chi connectivity index (χ0) is 23.7. The number of benzene rings is 2. The Hall–Kier alpha value is -3.90. The van der Waals surface area contributed by atoms with E-state index < -0.39 is 70.9 Å². The Kier molecular flexibility index (Phi) is 6.18. The van der Waals surface area contributed by atoms with Crippen molar-refractivity contribution in [3.8, 4) is 34.5 Å². The van der Waals surface area contributed by atoms with Crippen LogP contribution in [0.15, 0.2) is 24.3 Å². The van der Waals surface area contributed by atoms with E-state index in [0.29, 0.717) is 0 Å². The van der Waals surface area contributed by atoms with E-state index in [1.807, 2.05) is 0 Å². The van der Waals surface area contributed by atoms with E-state index in [9.17, 15) is 50.4 Å². The normalized spacial score (nSPS) is 22.8. The van der Waals surface area contributed by atoms with Crippen molar-refractivity contribution in [2.24, 2.45) is 0 Å². The summed E-state index contributed by atoms with van der Waals surface area (Å²) in [4.78, 5) is 24.6. The van der Waals surface area contributed by atoms with E-state index in [1.165, 1.54) is 0 Å². The Bertz CT molecular complexity index is 1000. The molecule has 1 saturated carbocycles. The third-order valence-corrected chi connectivity index (χ3v) is 4.92.